The van der Waals surface area contributed by atoms with E-state index in [1.165, 1.54) is 0 Å². The van der Waals surface area contributed by atoms with Crippen molar-refractivity contribution in [2.75, 3.05) is 0 Å². The third kappa shape index (κ3) is 4.58. The molecule has 104 valence electrons. The molecule has 0 aliphatic heterocycles. The monoisotopic (exact) mass is 305 g/mol. The highest BCUT2D eigenvalue weighted by molar-refractivity contribution is 8.00. The standard InChI is InChI=1S/C16H16ClNOS/c1-12(20-15-5-3-2-4-6-15)16(19)18-11-13-7-9-14(17)10-8-13/h2-10,12H,11H2,1H3,(H,18,19)/t12-/m0/s1. The van der Waals surface area contributed by atoms with Crippen molar-refractivity contribution < 1.29 is 4.79 Å². The van der Waals surface area contributed by atoms with E-state index in [1.54, 1.807) is 11.8 Å². The highest BCUT2D eigenvalue weighted by atomic mass is 35.5. The van der Waals surface area contributed by atoms with E-state index in [4.69, 9.17) is 11.6 Å². The molecule has 0 unspecified atom stereocenters. The Morgan fingerprint density at radius 3 is 2.45 bits per heavy atom. The molecule has 2 aromatic carbocycles. The molecule has 1 N–H and O–H groups in total. The van der Waals surface area contributed by atoms with Gasteiger partial charge in [-0.05, 0) is 36.8 Å². The van der Waals surface area contributed by atoms with Crippen LogP contribution < -0.4 is 5.32 Å². The molecule has 0 saturated heterocycles. The third-order valence-electron chi connectivity index (χ3n) is 2.81. The van der Waals surface area contributed by atoms with Crippen molar-refractivity contribution in [2.24, 2.45) is 0 Å². The van der Waals surface area contributed by atoms with Gasteiger partial charge in [0, 0.05) is 16.5 Å². The summed E-state index contributed by atoms with van der Waals surface area (Å²) in [5.74, 6) is 0.0359. The number of hydrogen-bond acceptors (Lipinski definition) is 2. The number of carbonyl (C=O) groups is 1. The van der Waals surface area contributed by atoms with E-state index in [-0.39, 0.29) is 11.2 Å². The fourth-order valence-corrected chi connectivity index (χ4v) is 2.73. The zero-order chi connectivity index (χ0) is 14.4. The first kappa shape index (κ1) is 14.9. The van der Waals surface area contributed by atoms with E-state index in [0.29, 0.717) is 11.6 Å². The lowest BCUT2D eigenvalue weighted by Gasteiger charge is -2.12. The number of benzene rings is 2. The van der Waals surface area contributed by atoms with Gasteiger partial charge in [0.25, 0.3) is 0 Å². The molecule has 0 saturated carbocycles. The van der Waals surface area contributed by atoms with Crippen molar-refractivity contribution >= 4 is 29.3 Å². The van der Waals surface area contributed by atoms with E-state index in [9.17, 15) is 4.79 Å². The zero-order valence-corrected chi connectivity index (χ0v) is 12.7. The molecule has 0 heterocycles. The lowest BCUT2D eigenvalue weighted by Crippen LogP contribution is -2.30. The van der Waals surface area contributed by atoms with Gasteiger partial charge in [-0.3, -0.25) is 4.79 Å². The summed E-state index contributed by atoms with van der Waals surface area (Å²) >= 11 is 7.38. The molecule has 2 nitrogen and oxygen atoms in total. The topological polar surface area (TPSA) is 29.1 Å². The third-order valence-corrected chi connectivity index (χ3v) is 4.17. The van der Waals surface area contributed by atoms with Crippen LogP contribution in [-0.4, -0.2) is 11.2 Å². The minimum absolute atomic E-state index is 0.0359. The molecular weight excluding hydrogens is 290 g/mol. The summed E-state index contributed by atoms with van der Waals surface area (Å²) in [4.78, 5) is 13.1. The van der Waals surface area contributed by atoms with Crippen molar-refractivity contribution in [3.05, 3.63) is 65.2 Å². The summed E-state index contributed by atoms with van der Waals surface area (Å²) in [6.07, 6.45) is 0. The van der Waals surface area contributed by atoms with Gasteiger partial charge in [0.05, 0.1) is 5.25 Å². The minimum Gasteiger partial charge on any atom is -0.351 e. The fourth-order valence-electron chi connectivity index (χ4n) is 1.69. The largest absolute Gasteiger partial charge is 0.351 e. The first-order valence-electron chi connectivity index (χ1n) is 6.39. The number of hydrogen-bond donors (Lipinski definition) is 1. The first-order valence-corrected chi connectivity index (χ1v) is 7.65. The summed E-state index contributed by atoms with van der Waals surface area (Å²) in [5, 5.41) is 3.52. The quantitative estimate of drug-likeness (QED) is 0.841. The number of nitrogens with one attached hydrogen (secondary N) is 1. The Balaban J connectivity index is 1.83. The van der Waals surface area contributed by atoms with Gasteiger partial charge in [0.15, 0.2) is 0 Å². The van der Waals surface area contributed by atoms with Crippen LogP contribution >= 0.6 is 23.4 Å². The summed E-state index contributed by atoms with van der Waals surface area (Å²) < 4.78 is 0. The Bertz CT molecular complexity index is 556. The number of carbonyl (C=O) groups excluding carboxylic acids is 1. The smallest absolute Gasteiger partial charge is 0.233 e. The van der Waals surface area contributed by atoms with Gasteiger partial charge in [0.2, 0.25) is 5.91 Å². The van der Waals surface area contributed by atoms with Crippen LogP contribution in [0.2, 0.25) is 5.02 Å². The van der Waals surface area contributed by atoms with Crippen molar-refractivity contribution in [1.29, 1.82) is 0 Å². The molecule has 1 atom stereocenters. The molecule has 2 aromatic rings. The maximum absolute atomic E-state index is 12.0. The Morgan fingerprint density at radius 2 is 1.80 bits per heavy atom. The summed E-state index contributed by atoms with van der Waals surface area (Å²) in [6, 6.07) is 17.4. The maximum atomic E-state index is 12.0. The maximum Gasteiger partial charge on any atom is 0.233 e. The molecular formula is C16H16ClNOS. The lowest BCUT2D eigenvalue weighted by molar-refractivity contribution is -0.120. The lowest BCUT2D eigenvalue weighted by atomic mass is 10.2. The number of rotatable bonds is 5. The van der Waals surface area contributed by atoms with Crippen molar-refractivity contribution in [3.63, 3.8) is 0 Å². The van der Waals surface area contributed by atoms with Crippen molar-refractivity contribution in [1.82, 2.24) is 5.32 Å². The molecule has 0 radical (unpaired) electrons. The Morgan fingerprint density at radius 1 is 1.15 bits per heavy atom. The normalized spacial score (nSPS) is 11.9. The van der Waals surface area contributed by atoms with E-state index in [2.05, 4.69) is 5.32 Å². The molecule has 0 aromatic heterocycles. The van der Waals surface area contributed by atoms with E-state index in [0.717, 1.165) is 10.5 Å². The highest BCUT2D eigenvalue weighted by Gasteiger charge is 2.13. The van der Waals surface area contributed by atoms with Gasteiger partial charge in [-0.2, -0.15) is 0 Å². The Labute approximate surface area is 128 Å². The van der Waals surface area contributed by atoms with Gasteiger partial charge in [-0.1, -0.05) is 41.9 Å². The molecule has 0 aliphatic rings. The second-order valence-corrected chi connectivity index (χ2v) is 6.27. The van der Waals surface area contributed by atoms with Crippen LogP contribution in [0.3, 0.4) is 0 Å². The van der Waals surface area contributed by atoms with Gasteiger partial charge >= 0.3 is 0 Å². The Kier molecular flexibility index (Phi) is 5.50. The van der Waals surface area contributed by atoms with Gasteiger partial charge < -0.3 is 5.32 Å². The van der Waals surface area contributed by atoms with Crippen molar-refractivity contribution in [2.45, 2.75) is 23.6 Å². The van der Waals surface area contributed by atoms with Gasteiger partial charge in [-0.15, -0.1) is 11.8 Å². The second-order valence-electron chi connectivity index (χ2n) is 4.42. The predicted molar refractivity (Wildman–Crippen MR) is 85.1 cm³/mol. The highest BCUT2D eigenvalue weighted by Crippen LogP contribution is 2.22. The number of amides is 1. The second kappa shape index (κ2) is 7.36. The number of thioether (sulfide) groups is 1. The van der Waals surface area contributed by atoms with Crippen LogP contribution in [0.25, 0.3) is 0 Å². The van der Waals surface area contributed by atoms with Gasteiger partial charge in [0.1, 0.15) is 0 Å². The minimum atomic E-state index is -0.121. The van der Waals surface area contributed by atoms with Crippen LogP contribution in [0.4, 0.5) is 0 Å². The Hall–Kier alpha value is -1.45. The summed E-state index contributed by atoms with van der Waals surface area (Å²) in [5.41, 5.74) is 1.04. The molecule has 0 fully saturated rings. The summed E-state index contributed by atoms with van der Waals surface area (Å²) in [7, 11) is 0. The van der Waals surface area contributed by atoms with E-state index >= 15 is 0 Å². The average molecular weight is 306 g/mol. The number of halogens is 1. The van der Waals surface area contributed by atoms with Crippen LogP contribution in [0.15, 0.2) is 59.5 Å². The molecule has 20 heavy (non-hydrogen) atoms. The van der Waals surface area contributed by atoms with Crippen LogP contribution in [0, 0.1) is 0 Å². The van der Waals surface area contributed by atoms with E-state index in [1.807, 2.05) is 61.5 Å². The molecule has 4 heteroatoms. The van der Waals surface area contributed by atoms with Crippen molar-refractivity contribution in [3.8, 4) is 0 Å². The van der Waals surface area contributed by atoms with Crippen LogP contribution in [-0.2, 0) is 11.3 Å². The SMILES string of the molecule is C[C@H](Sc1ccccc1)C(=O)NCc1ccc(Cl)cc1. The van der Waals surface area contributed by atoms with Crippen LogP contribution in [0.1, 0.15) is 12.5 Å². The van der Waals surface area contributed by atoms with Crippen LogP contribution in [0.5, 0.6) is 0 Å². The molecule has 1 amide bonds. The molecule has 0 spiro atoms. The van der Waals surface area contributed by atoms with E-state index < -0.39 is 0 Å². The van der Waals surface area contributed by atoms with Gasteiger partial charge in [-0.25, -0.2) is 0 Å². The first-order chi connectivity index (χ1) is 9.65. The predicted octanol–water partition coefficient (Wildman–Crippen LogP) is 4.14. The average Bonchev–Trinajstić information content (AvgIpc) is 2.47. The molecule has 0 bridgehead atoms. The molecule has 2 rings (SSSR count). The zero-order valence-electron chi connectivity index (χ0n) is 11.2. The fraction of sp³-hybridized carbons (Fsp3) is 0.188. The molecule has 0 aliphatic carbocycles. The summed E-state index contributed by atoms with van der Waals surface area (Å²) in [6.45, 7) is 2.44.